The molecule has 24 heavy (non-hydrogen) atoms. The van der Waals surface area contributed by atoms with Crippen molar-refractivity contribution in [2.45, 2.75) is 19.9 Å². The van der Waals surface area contributed by atoms with Crippen molar-refractivity contribution in [2.24, 2.45) is 0 Å². The van der Waals surface area contributed by atoms with Crippen LogP contribution in [-0.2, 0) is 9.53 Å². The maximum absolute atomic E-state index is 12.2. The number of rotatable bonds is 5. The van der Waals surface area contributed by atoms with Gasteiger partial charge in [0.05, 0.1) is 38.8 Å². The van der Waals surface area contributed by atoms with Crippen molar-refractivity contribution in [1.82, 2.24) is 10.2 Å². The summed E-state index contributed by atoms with van der Waals surface area (Å²) in [5.74, 6) is 0.00191. The fourth-order valence-corrected chi connectivity index (χ4v) is 2.97. The Morgan fingerprint density at radius 1 is 1.38 bits per heavy atom. The van der Waals surface area contributed by atoms with Crippen molar-refractivity contribution in [2.75, 3.05) is 39.3 Å². The molecule has 0 spiro atoms. The zero-order valence-electron chi connectivity index (χ0n) is 14.2. The van der Waals surface area contributed by atoms with Crippen LogP contribution in [0.15, 0.2) is 24.3 Å². The first-order chi connectivity index (χ1) is 11.5. The smallest absolute Gasteiger partial charge is 0.410 e. The van der Waals surface area contributed by atoms with E-state index < -0.39 is 0 Å². The van der Waals surface area contributed by atoms with Gasteiger partial charge in [0.15, 0.2) is 6.54 Å². The Bertz CT molecular complexity index is 574. The third kappa shape index (κ3) is 5.39. The van der Waals surface area contributed by atoms with Crippen LogP contribution in [0.5, 0.6) is 0 Å². The van der Waals surface area contributed by atoms with E-state index in [1.165, 1.54) is 4.90 Å². The zero-order valence-corrected chi connectivity index (χ0v) is 14.9. The normalized spacial score (nSPS) is 16.5. The molecule has 1 heterocycles. The fraction of sp³-hybridized carbons (Fsp3) is 0.529. The minimum atomic E-state index is -0.268. The summed E-state index contributed by atoms with van der Waals surface area (Å²) < 4.78 is 5.00. The van der Waals surface area contributed by atoms with Gasteiger partial charge in [0, 0.05) is 5.02 Å². The van der Waals surface area contributed by atoms with E-state index in [0.717, 1.165) is 18.7 Å². The first-order valence-corrected chi connectivity index (χ1v) is 8.67. The molecular formula is C17H25ClN3O3+. The maximum atomic E-state index is 12.2. The first kappa shape index (κ1) is 18.5. The Balaban J connectivity index is 1.76. The minimum absolute atomic E-state index is 0.00191. The maximum Gasteiger partial charge on any atom is 0.410 e. The number of nitrogens with zero attached hydrogens (tertiary/aromatic N) is 1. The van der Waals surface area contributed by atoms with Gasteiger partial charge >= 0.3 is 6.09 Å². The van der Waals surface area contributed by atoms with E-state index in [0.29, 0.717) is 31.3 Å². The quantitative estimate of drug-likeness (QED) is 0.825. The lowest BCUT2D eigenvalue weighted by Gasteiger charge is -2.31. The summed E-state index contributed by atoms with van der Waals surface area (Å²) in [5, 5.41) is 3.66. The highest BCUT2D eigenvalue weighted by atomic mass is 35.5. The molecule has 0 aromatic heterocycles. The number of hydrogen-bond acceptors (Lipinski definition) is 3. The third-order valence-corrected chi connectivity index (χ3v) is 4.37. The van der Waals surface area contributed by atoms with Crippen molar-refractivity contribution in [3.63, 3.8) is 0 Å². The van der Waals surface area contributed by atoms with E-state index in [2.05, 4.69) is 5.32 Å². The summed E-state index contributed by atoms with van der Waals surface area (Å²) in [6.07, 6.45) is -0.268. The standard InChI is InChI=1S/C17H24ClN3O3/c1-3-24-17(23)21-9-7-20(8-10-21)12-16(22)19-13(2)14-5-4-6-15(18)11-14/h4-6,11,13H,3,7-10,12H2,1-2H3,(H,19,22)/p+1/t13-/m1/s1. The largest absolute Gasteiger partial charge is 0.450 e. The molecule has 2 rings (SSSR count). The second-order valence-electron chi connectivity index (χ2n) is 5.96. The summed E-state index contributed by atoms with van der Waals surface area (Å²) in [6, 6.07) is 7.41. The number of quaternary nitrogens is 1. The van der Waals surface area contributed by atoms with E-state index >= 15 is 0 Å². The number of halogens is 1. The predicted octanol–water partition coefficient (Wildman–Crippen LogP) is 0.874. The molecule has 0 aliphatic carbocycles. The number of carbonyl (C=O) groups is 2. The minimum Gasteiger partial charge on any atom is -0.450 e. The van der Waals surface area contributed by atoms with Crippen molar-refractivity contribution < 1.29 is 19.2 Å². The lowest BCUT2D eigenvalue weighted by molar-refractivity contribution is -0.896. The molecule has 1 fully saturated rings. The molecule has 2 N–H and O–H groups in total. The van der Waals surface area contributed by atoms with Gasteiger partial charge in [-0.3, -0.25) is 9.69 Å². The van der Waals surface area contributed by atoms with Gasteiger partial charge in [0.2, 0.25) is 0 Å². The molecule has 2 amide bonds. The molecule has 7 heteroatoms. The van der Waals surface area contributed by atoms with Crippen molar-refractivity contribution >= 4 is 23.6 Å². The zero-order chi connectivity index (χ0) is 17.5. The van der Waals surface area contributed by atoms with Gasteiger partial charge < -0.3 is 15.0 Å². The predicted molar refractivity (Wildman–Crippen MR) is 92.2 cm³/mol. The molecule has 1 aromatic rings. The van der Waals surface area contributed by atoms with Crippen LogP contribution in [-0.4, -0.2) is 56.2 Å². The van der Waals surface area contributed by atoms with Crippen molar-refractivity contribution in [1.29, 1.82) is 0 Å². The molecule has 1 atom stereocenters. The number of amides is 2. The molecule has 1 saturated heterocycles. The average Bonchev–Trinajstić information content (AvgIpc) is 2.55. The average molecular weight is 355 g/mol. The summed E-state index contributed by atoms with van der Waals surface area (Å²) in [5.41, 5.74) is 0.984. The third-order valence-electron chi connectivity index (χ3n) is 4.13. The van der Waals surface area contributed by atoms with Crippen LogP contribution >= 0.6 is 11.6 Å². The van der Waals surface area contributed by atoms with Crippen molar-refractivity contribution in [3.05, 3.63) is 34.9 Å². The molecule has 1 aromatic carbocycles. The molecule has 132 valence electrons. The monoisotopic (exact) mass is 354 g/mol. The Labute approximate surface area is 147 Å². The number of piperazine rings is 1. The fourth-order valence-electron chi connectivity index (χ4n) is 2.78. The highest BCUT2D eigenvalue weighted by Crippen LogP contribution is 2.16. The lowest BCUT2D eigenvalue weighted by Crippen LogP contribution is -3.15. The van der Waals surface area contributed by atoms with Crippen LogP contribution in [0.3, 0.4) is 0 Å². The van der Waals surface area contributed by atoms with E-state index in [1.54, 1.807) is 11.8 Å². The van der Waals surface area contributed by atoms with Crippen LogP contribution < -0.4 is 10.2 Å². The SMILES string of the molecule is CCOC(=O)N1CC[NH+](CC(=O)N[C@H](C)c2cccc(Cl)c2)CC1. The van der Waals surface area contributed by atoms with E-state index in [4.69, 9.17) is 16.3 Å². The van der Waals surface area contributed by atoms with Crippen molar-refractivity contribution in [3.8, 4) is 0 Å². The van der Waals surface area contributed by atoms with Gasteiger partial charge in [0.25, 0.3) is 5.91 Å². The summed E-state index contributed by atoms with van der Waals surface area (Å²) >= 11 is 5.98. The summed E-state index contributed by atoms with van der Waals surface area (Å²) in [6.45, 7) is 7.26. The second kappa shape index (κ2) is 8.89. The molecule has 1 aliphatic heterocycles. The molecule has 0 radical (unpaired) electrons. The van der Waals surface area contributed by atoms with Gasteiger partial charge in [0.1, 0.15) is 0 Å². The molecular weight excluding hydrogens is 330 g/mol. The molecule has 1 aliphatic rings. The Morgan fingerprint density at radius 3 is 2.71 bits per heavy atom. The number of benzene rings is 1. The van der Waals surface area contributed by atoms with Crippen LogP contribution in [0.25, 0.3) is 0 Å². The van der Waals surface area contributed by atoms with Gasteiger partial charge in [-0.25, -0.2) is 4.79 Å². The highest BCUT2D eigenvalue weighted by molar-refractivity contribution is 6.30. The van der Waals surface area contributed by atoms with Crippen LogP contribution in [0.4, 0.5) is 4.79 Å². The molecule has 0 unspecified atom stereocenters. The summed E-state index contributed by atoms with van der Waals surface area (Å²) in [7, 11) is 0. The van der Waals surface area contributed by atoms with E-state index in [1.807, 2.05) is 31.2 Å². The van der Waals surface area contributed by atoms with Gasteiger partial charge in [-0.1, -0.05) is 23.7 Å². The highest BCUT2D eigenvalue weighted by Gasteiger charge is 2.26. The Hall–Kier alpha value is -1.79. The number of carbonyl (C=O) groups excluding carboxylic acids is 2. The Morgan fingerprint density at radius 2 is 2.08 bits per heavy atom. The first-order valence-electron chi connectivity index (χ1n) is 8.29. The second-order valence-corrected chi connectivity index (χ2v) is 6.39. The number of nitrogens with one attached hydrogen (secondary N) is 2. The molecule has 0 bridgehead atoms. The number of hydrogen-bond donors (Lipinski definition) is 2. The topological polar surface area (TPSA) is 63.1 Å². The summed E-state index contributed by atoms with van der Waals surface area (Å²) in [4.78, 5) is 26.8. The van der Waals surface area contributed by atoms with Crippen LogP contribution in [0.1, 0.15) is 25.5 Å². The van der Waals surface area contributed by atoms with E-state index in [-0.39, 0.29) is 18.0 Å². The number of ether oxygens (including phenoxy) is 1. The lowest BCUT2D eigenvalue weighted by atomic mass is 10.1. The van der Waals surface area contributed by atoms with Crippen LogP contribution in [0, 0.1) is 0 Å². The molecule has 0 saturated carbocycles. The van der Waals surface area contributed by atoms with Crippen LogP contribution in [0.2, 0.25) is 5.02 Å². The van der Waals surface area contributed by atoms with Gasteiger partial charge in [-0.05, 0) is 31.5 Å². The molecule has 6 nitrogen and oxygen atoms in total. The van der Waals surface area contributed by atoms with Gasteiger partial charge in [-0.2, -0.15) is 0 Å². The van der Waals surface area contributed by atoms with Gasteiger partial charge in [-0.15, -0.1) is 0 Å². The van der Waals surface area contributed by atoms with E-state index in [9.17, 15) is 9.59 Å². The Kier molecular flexibility index (Phi) is 6.87.